The zero-order valence-electron chi connectivity index (χ0n) is 10.4. The summed E-state index contributed by atoms with van der Waals surface area (Å²) in [7, 11) is 0. The van der Waals surface area contributed by atoms with Crippen molar-refractivity contribution in [3.05, 3.63) is 59.3 Å². The second-order valence-electron chi connectivity index (χ2n) is 4.70. The van der Waals surface area contributed by atoms with E-state index in [9.17, 15) is 9.18 Å². The van der Waals surface area contributed by atoms with Crippen LogP contribution in [0.4, 0.5) is 4.39 Å². The molecule has 4 heteroatoms. The highest BCUT2D eigenvalue weighted by atomic mass is 19.1. The van der Waals surface area contributed by atoms with E-state index < -0.39 is 5.82 Å². The van der Waals surface area contributed by atoms with Gasteiger partial charge in [0.15, 0.2) is 0 Å². The Morgan fingerprint density at radius 2 is 2.16 bits per heavy atom. The number of rotatable bonds is 2. The van der Waals surface area contributed by atoms with E-state index in [1.165, 1.54) is 12.1 Å². The molecule has 0 radical (unpaired) electrons. The van der Waals surface area contributed by atoms with Gasteiger partial charge in [-0.15, -0.1) is 0 Å². The number of amides is 1. The highest BCUT2D eigenvalue weighted by Crippen LogP contribution is 2.30. The largest absolute Gasteiger partial charge is 0.469 e. The number of hydrogen-bond acceptors (Lipinski definition) is 2. The van der Waals surface area contributed by atoms with Crippen LogP contribution in [0.5, 0.6) is 0 Å². The molecular weight excluding hydrogens is 245 g/mol. The smallest absolute Gasteiger partial charge is 0.254 e. The molecule has 1 atom stereocenters. The van der Waals surface area contributed by atoms with Crippen LogP contribution in [0, 0.1) is 5.82 Å². The fraction of sp³-hybridized carbons (Fsp3) is 0.267. The molecule has 1 aliphatic carbocycles. The van der Waals surface area contributed by atoms with Crippen LogP contribution >= 0.6 is 0 Å². The lowest BCUT2D eigenvalue weighted by Crippen LogP contribution is -2.31. The van der Waals surface area contributed by atoms with Crippen LogP contribution in [0.3, 0.4) is 0 Å². The summed E-state index contributed by atoms with van der Waals surface area (Å²) < 4.78 is 18.9. The third kappa shape index (κ3) is 2.26. The van der Waals surface area contributed by atoms with Crippen molar-refractivity contribution in [3.63, 3.8) is 0 Å². The molecule has 0 spiro atoms. The van der Waals surface area contributed by atoms with E-state index in [1.807, 2.05) is 6.07 Å². The second-order valence-corrected chi connectivity index (χ2v) is 4.70. The lowest BCUT2D eigenvalue weighted by atomic mass is 9.93. The van der Waals surface area contributed by atoms with E-state index >= 15 is 0 Å². The number of hydrogen-bond donors (Lipinski definition) is 1. The predicted octanol–water partition coefficient (Wildman–Crippen LogP) is 3.23. The molecule has 19 heavy (non-hydrogen) atoms. The van der Waals surface area contributed by atoms with E-state index in [0.29, 0.717) is 0 Å². The highest BCUT2D eigenvalue weighted by Gasteiger charge is 2.25. The summed E-state index contributed by atoms with van der Waals surface area (Å²) in [5.41, 5.74) is 1.09. The molecule has 0 fully saturated rings. The van der Waals surface area contributed by atoms with Crippen molar-refractivity contribution in [2.45, 2.75) is 25.3 Å². The molecule has 1 N–H and O–H groups in total. The van der Waals surface area contributed by atoms with Crippen molar-refractivity contribution < 1.29 is 13.6 Å². The Labute approximate surface area is 110 Å². The van der Waals surface area contributed by atoms with Crippen LogP contribution < -0.4 is 5.32 Å². The summed E-state index contributed by atoms with van der Waals surface area (Å²) >= 11 is 0. The lowest BCUT2D eigenvalue weighted by Gasteiger charge is -2.22. The van der Waals surface area contributed by atoms with Gasteiger partial charge in [-0.3, -0.25) is 4.79 Å². The molecular formula is C15H14FNO2. The van der Waals surface area contributed by atoms with Crippen molar-refractivity contribution in [2.75, 3.05) is 0 Å². The van der Waals surface area contributed by atoms with E-state index in [2.05, 4.69) is 5.32 Å². The third-order valence-electron chi connectivity index (χ3n) is 3.48. The molecule has 2 aromatic rings. The van der Waals surface area contributed by atoms with E-state index in [1.54, 1.807) is 18.4 Å². The Bertz CT molecular complexity index is 606. The minimum absolute atomic E-state index is 0.0816. The van der Waals surface area contributed by atoms with Gasteiger partial charge in [0.2, 0.25) is 0 Å². The van der Waals surface area contributed by atoms with Crippen molar-refractivity contribution in [3.8, 4) is 0 Å². The molecule has 1 aliphatic rings. The third-order valence-corrected chi connectivity index (χ3v) is 3.48. The minimum Gasteiger partial charge on any atom is -0.469 e. The van der Waals surface area contributed by atoms with Crippen molar-refractivity contribution in [1.82, 2.24) is 5.32 Å². The summed E-state index contributed by atoms with van der Waals surface area (Å²) in [6, 6.07) is 7.79. The van der Waals surface area contributed by atoms with Crippen molar-refractivity contribution >= 4 is 5.91 Å². The molecule has 1 aromatic heterocycles. The topological polar surface area (TPSA) is 42.2 Å². The van der Waals surface area contributed by atoms with Gasteiger partial charge in [-0.25, -0.2) is 4.39 Å². The van der Waals surface area contributed by atoms with Gasteiger partial charge >= 0.3 is 0 Å². The number of aryl methyl sites for hydroxylation is 1. The van der Waals surface area contributed by atoms with E-state index in [-0.39, 0.29) is 17.5 Å². The molecule has 1 amide bonds. The highest BCUT2D eigenvalue weighted by molar-refractivity contribution is 5.94. The quantitative estimate of drug-likeness (QED) is 0.899. The van der Waals surface area contributed by atoms with Crippen molar-refractivity contribution in [1.29, 1.82) is 0 Å². The number of nitrogens with one attached hydrogen (secondary N) is 1. The fourth-order valence-corrected chi connectivity index (χ4v) is 2.52. The fourth-order valence-electron chi connectivity index (χ4n) is 2.52. The number of fused-ring (bicyclic) bond motifs is 1. The molecule has 0 aliphatic heterocycles. The maximum absolute atomic E-state index is 13.6. The molecule has 0 saturated heterocycles. The van der Waals surface area contributed by atoms with Gasteiger partial charge < -0.3 is 9.73 Å². The monoisotopic (exact) mass is 259 g/mol. The first-order valence-electron chi connectivity index (χ1n) is 6.37. The van der Waals surface area contributed by atoms with Crippen LogP contribution in [-0.4, -0.2) is 5.91 Å². The Hall–Kier alpha value is -2.10. The second kappa shape index (κ2) is 4.88. The Morgan fingerprint density at radius 3 is 3.00 bits per heavy atom. The van der Waals surface area contributed by atoms with Gasteiger partial charge in [-0.1, -0.05) is 12.1 Å². The van der Waals surface area contributed by atoms with Gasteiger partial charge in [0.05, 0.1) is 17.9 Å². The lowest BCUT2D eigenvalue weighted by molar-refractivity contribution is 0.0928. The first-order chi connectivity index (χ1) is 9.25. The average molecular weight is 259 g/mol. The molecule has 1 aromatic carbocycles. The molecule has 3 rings (SSSR count). The number of furan rings is 1. The molecule has 3 nitrogen and oxygen atoms in total. The first kappa shape index (κ1) is 12.0. The number of carbonyl (C=O) groups is 1. The Kier molecular flexibility index (Phi) is 3.07. The molecule has 1 heterocycles. The molecule has 0 bridgehead atoms. The van der Waals surface area contributed by atoms with Crippen LogP contribution in [-0.2, 0) is 6.42 Å². The van der Waals surface area contributed by atoms with Crippen LogP contribution in [0.1, 0.15) is 40.6 Å². The van der Waals surface area contributed by atoms with Crippen LogP contribution in [0.25, 0.3) is 0 Å². The van der Waals surface area contributed by atoms with E-state index in [4.69, 9.17) is 4.42 Å². The minimum atomic E-state index is -0.497. The summed E-state index contributed by atoms with van der Waals surface area (Å²) in [5, 5.41) is 2.88. The first-order valence-corrected chi connectivity index (χ1v) is 6.37. The predicted molar refractivity (Wildman–Crippen MR) is 68.3 cm³/mol. The zero-order valence-corrected chi connectivity index (χ0v) is 10.4. The Morgan fingerprint density at radius 1 is 1.32 bits per heavy atom. The van der Waals surface area contributed by atoms with Gasteiger partial charge in [-0.05, 0) is 31.0 Å². The Balaban J connectivity index is 1.80. The molecule has 0 unspecified atom stereocenters. The molecule has 0 saturated carbocycles. The summed E-state index contributed by atoms with van der Waals surface area (Å²) in [6.07, 6.45) is 4.35. The van der Waals surface area contributed by atoms with Gasteiger partial charge in [0.25, 0.3) is 5.91 Å². The van der Waals surface area contributed by atoms with Crippen LogP contribution in [0.2, 0.25) is 0 Å². The van der Waals surface area contributed by atoms with Gasteiger partial charge in [-0.2, -0.15) is 0 Å². The van der Waals surface area contributed by atoms with Crippen LogP contribution in [0.15, 0.2) is 41.0 Å². The van der Waals surface area contributed by atoms with E-state index in [0.717, 1.165) is 30.6 Å². The maximum Gasteiger partial charge on any atom is 0.254 e. The summed E-state index contributed by atoms with van der Waals surface area (Å²) in [6.45, 7) is 0. The maximum atomic E-state index is 13.6. The SMILES string of the molecule is O=C(N[C@H]1CCCc2occc21)c1ccccc1F. The summed E-state index contributed by atoms with van der Waals surface area (Å²) in [5.74, 6) is 0.0467. The number of halogens is 1. The number of benzene rings is 1. The average Bonchev–Trinajstić information content (AvgIpc) is 2.88. The zero-order chi connectivity index (χ0) is 13.2. The number of carbonyl (C=O) groups excluding carboxylic acids is 1. The van der Waals surface area contributed by atoms with Crippen molar-refractivity contribution in [2.24, 2.45) is 0 Å². The van der Waals surface area contributed by atoms with Gasteiger partial charge in [0.1, 0.15) is 11.6 Å². The normalized spacial score (nSPS) is 17.8. The summed E-state index contributed by atoms with van der Waals surface area (Å²) in [4.78, 5) is 12.1. The standard InChI is InChI=1S/C15H14FNO2/c16-12-5-2-1-4-10(12)15(18)17-13-6-3-7-14-11(13)8-9-19-14/h1-2,4-5,8-9,13H,3,6-7H2,(H,17,18)/t13-/m0/s1. The van der Waals surface area contributed by atoms with Gasteiger partial charge in [0, 0.05) is 12.0 Å². The molecule has 98 valence electrons.